The third kappa shape index (κ3) is 5.08. The van der Waals surface area contributed by atoms with Gasteiger partial charge in [-0.05, 0) is 51.3 Å². The van der Waals surface area contributed by atoms with E-state index in [9.17, 15) is 8.78 Å². The number of nitrogens with one attached hydrogen (secondary N) is 1. The topological polar surface area (TPSA) is 21.3 Å². The number of ether oxygens (including phenoxy) is 1. The first-order valence-corrected chi connectivity index (χ1v) is 7.16. The Morgan fingerprint density at radius 1 is 1.10 bits per heavy atom. The molecule has 4 heteroatoms. The highest BCUT2D eigenvalue weighted by atomic mass is 19.1. The van der Waals surface area contributed by atoms with Gasteiger partial charge >= 0.3 is 0 Å². The SMILES string of the molecule is CCC(CC)Oc1c(F)cc(CNC(C)(C)C)cc1F. The van der Waals surface area contributed by atoms with Crippen LogP contribution in [0, 0.1) is 11.6 Å². The Morgan fingerprint density at radius 3 is 2.00 bits per heavy atom. The van der Waals surface area contributed by atoms with Gasteiger partial charge in [-0.15, -0.1) is 0 Å². The predicted molar refractivity (Wildman–Crippen MR) is 77.9 cm³/mol. The molecular formula is C16H25F2NO. The van der Waals surface area contributed by atoms with Crippen LogP contribution in [0.3, 0.4) is 0 Å². The Kier molecular flexibility index (Phi) is 5.93. The molecule has 0 spiro atoms. The van der Waals surface area contributed by atoms with Crippen LogP contribution in [-0.2, 0) is 6.54 Å². The molecule has 0 atom stereocenters. The molecule has 0 aliphatic carbocycles. The standard InChI is InChI=1S/C16H25F2NO/c1-6-12(7-2)20-15-13(17)8-11(9-14(15)18)10-19-16(3,4)5/h8-9,12,19H,6-7,10H2,1-5H3. The monoisotopic (exact) mass is 285 g/mol. The van der Waals surface area contributed by atoms with E-state index in [0.29, 0.717) is 12.1 Å². The fraction of sp³-hybridized carbons (Fsp3) is 0.625. The highest BCUT2D eigenvalue weighted by Gasteiger charge is 2.17. The van der Waals surface area contributed by atoms with Gasteiger partial charge in [0.1, 0.15) is 0 Å². The molecule has 0 aliphatic heterocycles. The summed E-state index contributed by atoms with van der Waals surface area (Å²) in [6.45, 7) is 10.3. The van der Waals surface area contributed by atoms with Crippen LogP contribution in [-0.4, -0.2) is 11.6 Å². The summed E-state index contributed by atoms with van der Waals surface area (Å²) in [5, 5.41) is 3.20. The molecule has 0 unspecified atom stereocenters. The lowest BCUT2D eigenvalue weighted by molar-refractivity contribution is 0.175. The van der Waals surface area contributed by atoms with E-state index in [2.05, 4.69) is 5.32 Å². The lowest BCUT2D eigenvalue weighted by Gasteiger charge is -2.21. The second-order valence-corrected chi connectivity index (χ2v) is 6.05. The van der Waals surface area contributed by atoms with Crippen molar-refractivity contribution >= 4 is 0 Å². The van der Waals surface area contributed by atoms with Gasteiger partial charge in [0.25, 0.3) is 0 Å². The number of rotatable bonds is 6. The van der Waals surface area contributed by atoms with Crippen LogP contribution >= 0.6 is 0 Å². The highest BCUT2D eigenvalue weighted by molar-refractivity contribution is 5.31. The van der Waals surface area contributed by atoms with Gasteiger partial charge in [-0.1, -0.05) is 13.8 Å². The van der Waals surface area contributed by atoms with E-state index in [1.54, 1.807) is 0 Å². The summed E-state index contributed by atoms with van der Waals surface area (Å²) < 4.78 is 33.3. The van der Waals surface area contributed by atoms with Gasteiger partial charge < -0.3 is 10.1 Å². The van der Waals surface area contributed by atoms with Gasteiger partial charge in [0.05, 0.1) is 6.10 Å². The minimum absolute atomic E-state index is 0.0996. The van der Waals surface area contributed by atoms with Crippen molar-refractivity contribution in [2.75, 3.05) is 0 Å². The van der Waals surface area contributed by atoms with Crippen LogP contribution in [0.1, 0.15) is 53.0 Å². The lowest BCUT2D eigenvalue weighted by atomic mass is 10.1. The van der Waals surface area contributed by atoms with Gasteiger partial charge in [-0.2, -0.15) is 0 Å². The smallest absolute Gasteiger partial charge is 0.191 e. The molecule has 0 saturated heterocycles. The molecule has 0 aliphatic rings. The molecule has 114 valence electrons. The van der Waals surface area contributed by atoms with Crippen molar-refractivity contribution in [3.05, 3.63) is 29.3 Å². The van der Waals surface area contributed by atoms with Crippen LogP contribution in [0.15, 0.2) is 12.1 Å². The fourth-order valence-corrected chi connectivity index (χ4v) is 1.82. The molecule has 0 bridgehead atoms. The summed E-state index contributed by atoms with van der Waals surface area (Å²) in [4.78, 5) is 0. The Morgan fingerprint density at radius 2 is 1.60 bits per heavy atom. The summed E-state index contributed by atoms with van der Waals surface area (Å²) >= 11 is 0. The van der Waals surface area contributed by atoms with Crippen LogP contribution in [0.25, 0.3) is 0 Å². The largest absolute Gasteiger partial charge is 0.484 e. The maximum absolute atomic E-state index is 14.0. The van der Waals surface area contributed by atoms with E-state index in [0.717, 1.165) is 12.8 Å². The van der Waals surface area contributed by atoms with Crippen LogP contribution in [0.4, 0.5) is 8.78 Å². The summed E-state index contributed by atoms with van der Waals surface area (Å²) in [5.74, 6) is -1.54. The molecule has 1 aromatic carbocycles. The van der Waals surface area contributed by atoms with Crippen LogP contribution in [0.5, 0.6) is 5.75 Å². The molecule has 0 radical (unpaired) electrons. The average Bonchev–Trinajstić information content (AvgIpc) is 2.35. The van der Waals surface area contributed by atoms with Crippen LogP contribution < -0.4 is 10.1 Å². The normalized spacial score (nSPS) is 12.0. The van der Waals surface area contributed by atoms with Crippen molar-refractivity contribution in [3.63, 3.8) is 0 Å². The Bertz CT molecular complexity index is 414. The third-order valence-corrected chi connectivity index (χ3v) is 3.08. The third-order valence-electron chi connectivity index (χ3n) is 3.08. The number of benzene rings is 1. The molecule has 1 aromatic rings. The number of hydrogen-bond donors (Lipinski definition) is 1. The van der Waals surface area contributed by atoms with Crippen LogP contribution in [0.2, 0.25) is 0 Å². The molecule has 1 rings (SSSR count). The van der Waals surface area contributed by atoms with Gasteiger partial charge in [0.15, 0.2) is 17.4 Å². The Balaban J connectivity index is 2.86. The van der Waals surface area contributed by atoms with Gasteiger partial charge in [-0.25, -0.2) is 8.78 Å². The first kappa shape index (κ1) is 16.9. The summed E-state index contributed by atoms with van der Waals surface area (Å²) in [6.07, 6.45) is 1.29. The molecular weight excluding hydrogens is 260 g/mol. The minimum Gasteiger partial charge on any atom is -0.484 e. The first-order chi connectivity index (χ1) is 9.26. The maximum Gasteiger partial charge on any atom is 0.191 e. The lowest BCUT2D eigenvalue weighted by Crippen LogP contribution is -2.35. The zero-order valence-electron chi connectivity index (χ0n) is 13.0. The van der Waals surface area contributed by atoms with E-state index in [1.807, 2.05) is 34.6 Å². The Labute approximate surface area is 120 Å². The second-order valence-electron chi connectivity index (χ2n) is 6.05. The number of hydrogen-bond acceptors (Lipinski definition) is 2. The van der Waals surface area contributed by atoms with E-state index in [-0.39, 0.29) is 17.4 Å². The van der Waals surface area contributed by atoms with Crippen molar-refractivity contribution in [2.24, 2.45) is 0 Å². The molecule has 2 nitrogen and oxygen atoms in total. The highest BCUT2D eigenvalue weighted by Crippen LogP contribution is 2.25. The molecule has 0 fully saturated rings. The van der Waals surface area contributed by atoms with Gasteiger partial charge in [-0.3, -0.25) is 0 Å². The maximum atomic E-state index is 14.0. The molecule has 0 aromatic heterocycles. The van der Waals surface area contributed by atoms with Crippen molar-refractivity contribution in [1.29, 1.82) is 0 Å². The molecule has 0 saturated carbocycles. The van der Waals surface area contributed by atoms with Crippen molar-refractivity contribution < 1.29 is 13.5 Å². The molecule has 0 amide bonds. The van der Waals surface area contributed by atoms with E-state index >= 15 is 0 Å². The molecule has 20 heavy (non-hydrogen) atoms. The Hall–Kier alpha value is -1.16. The van der Waals surface area contributed by atoms with E-state index in [1.165, 1.54) is 12.1 Å². The fourth-order valence-electron chi connectivity index (χ4n) is 1.82. The van der Waals surface area contributed by atoms with Crippen molar-refractivity contribution in [1.82, 2.24) is 5.32 Å². The minimum atomic E-state index is -0.636. The second kappa shape index (κ2) is 7.02. The van der Waals surface area contributed by atoms with Gasteiger partial charge in [0, 0.05) is 12.1 Å². The summed E-state index contributed by atoms with van der Waals surface area (Å²) in [7, 11) is 0. The predicted octanol–water partition coefficient (Wildman–Crippen LogP) is 4.42. The molecule has 1 N–H and O–H groups in total. The quantitative estimate of drug-likeness (QED) is 0.835. The first-order valence-electron chi connectivity index (χ1n) is 7.16. The van der Waals surface area contributed by atoms with Gasteiger partial charge in [0.2, 0.25) is 0 Å². The summed E-state index contributed by atoms with van der Waals surface area (Å²) in [5.41, 5.74) is 0.476. The zero-order chi connectivity index (χ0) is 15.3. The molecule has 0 heterocycles. The van der Waals surface area contributed by atoms with Crippen molar-refractivity contribution in [3.8, 4) is 5.75 Å². The zero-order valence-corrected chi connectivity index (χ0v) is 13.0. The van der Waals surface area contributed by atoms with Crippen molar-refractivity contribution in [2.45, 2.75) is 65.6 Å². The summed E-state index contributed by atoms with van der Waals surface area (Å²) in [6, 6.07) is 2.67. The number of halogens is 2. The van der Waals surface area contributed by atoms with E-state index in [4.69, 9.17) is 4.74 Å². The average molecular weight is 285 g/mol. The van der Waals surface area contributed by atoms with E-state index < -0.39 is 11.6 Å².